The number of nitrogens with two attached hydrogens (primary N) is 1. The first-order chi connectivity index (χ1) is 7.85. The first kappa shape index (κ1) is 13.6. The zero-order chi connectivity index (χ0) is 13.1. The van der Waals surface area contributed by atoms with Crippen LogP contribution in [0.25, 0.3) is 0 Å². The molecule has 3 nitrogen and oxygen atoms in total. The van der Waals surface area contributed by atoms with E-state index in [1.165, 1.54) is 0 Å². The van der Waals surface area contributed by atoms with Crippen molar-refractivity contribution in [2.24, 2.45) is 5.41 Å². The van der Waals surface area contributed by atoms with Gasteiger partial charge in [-0.1, -0.05) is 26.8 Å². The summed E-state index contributed by atoms with van der Waals surface area (Å²) in [6.07, 6.45) is 1.03. The van der Waals surface area contributed by atoms with Crippen LogP contribution in [-0.2, 0) is 0 Å². The Morgan fingerprint density at radius 3 is 2.59 bits per heavy atom. The fourth-order valence-corrected chi connectivity index (χ4v) is 1.33. The molecule has 0 unspecified atom stereocenters. The van der Waals surface area contributed by atoms with E-state index in [0.29, 0.717) is 17.8 Å². The van der Waals surface area contributed by atoms with Gasteiger partial charge in [0.05, 0.1) is 0 Å². The summed E-state index contributed by atoms with van der Waals surface area (Å²) in [7, 11) is 0. The Bertz CT molecular complexity index is 411. The summed E-state index contributed by atoms with van der Waals surface area (Å²) in [5, 5.41) is 2.94. The minimum atomic E-state index is -0.0572. The highest BCUT2D eigenvalue weighted by molar-refractivity contribution is 5.95. The maximum absolute atomic E-state index is 11.9. The first-order valence-corrected chi connectivity index (χ1v) is 6.00. The monoisotopic (exact) mass is 234 g/mol. The van der Waals surface area contributed by atoms with Gasteiger partial charge in [-0.3, -0.25) is 4.79 Å². The third-order valence-corrected chi connectivity index (χ3v) is 3.23. The summed E-state index contributed by atoms with van der Waals surface area (Å²) in [5.41, 5.74) is 8.20. The molecule has 1 aromatic rings. The smallest absolute Gasteiger partial charge is 0.251 e. The van der Waals surface area contributed by atoms with Crippen LogP contribution in [0, 0.1) is 12.3 Å². The second kappa shape index (κ2) is 5.21. The Morgan fingerprint density at radius 2 is 2.06 bits per heavy atom. The quantitative estimate of drug-likeness (QED) is 0.787. The second-order valence-electron chi connectivity index (χ2n) is 5.27. The van der Waals surface area contributed by atoms with Crippen molar-refractivity contribution in [2.75, 3.05) is 12.3 Å². The molecule has 0 spiro atoms. The summed E-state index contributed by atoms with van der Waals surface area (Å²) in [4.78, 5) is 11.9. The van der Waals surface area contributed by atoms with Crippen molar-refractivity contribution >= 4 is 11.6 Å². The molecule has 94 valence electrons. The lowest BCUT2D eigenvalue weighted by molar-refractivity contribution is 0.0936. The lowest BCUT2D eigenvalue weighted by Gasteiger charge is -2.22. The van der Waals surface area contributed by atoms with E-state index in [0.717, 1.165) is 12.0 Å². The highest BCUT2D eigenvalue weighted by atomic mass is 16.1. The van der Waals surface area contributed by atoms with Gasteiger partial charge in [0.25, 0.3) is 5.91 Å². The number of aryl methyl sites for hydroxylation is 1. The maximum atomic E-state index is 11.9. The summed E-state index contributed by atoms with van der Waals surface area (Å²) >= 11 is 0. The molecule has 3 N–H and O–H groups in total. The molecule has 0 saturated heterocycles. The van der Waals surface area contributed by atoms with E-state index in [1.54, 1.807) is 12.1 Å². The molecule has 1 rings (SSSR count). The normalized spacial score (nSPS) is 11.3. The lowest BCUT2D eigenvalue weighted by atomic mass is 9.90. The summed E-state index contributed by atoms with van der Waals surface area (Å²) < 4.78 is 0. The first-order valence-electron chi connectivity index (χ1n) is 6.00. The van der Waals surface area contributed by atoms with Crippen LogP contribution >= 0.6 is 0 Å². The standard InChI is InChI=1S/C14H22N2O/c1-5-14(3,4)9-16-13(17)11-7-6-10(2)12(15)8-11/h6-8H,5,9,15H2,1-4H3,(H,16,17). The van der Waals surface area contributed by atoms with E-state index in [-0.39, 0.29) is 11.3 Å². The number of carbonyl (C=O) groups is 1. The van der Waals surface area contributed by atoms with Gasteiger partial charge in [0, 0.05) is 17.8 Å². The molecular formula is C14H22N2O. The molecule has 0 radical (unpaired) electrons. The zero-order valence-electron chi connectivity index (χ0n) is 11.1. The SMILES string of the molecule is CCC(C)(C)CNC(=O)c1ccc(C)c(N)c1. The van der Waals surface area contributed by atoms with Crippen LogP contribution < -0.4 is 11.1 Å². The Hall–Kier alpha value is -1.51. The Kier molecular flexibility index (Phi) is 4.16. The van der Waals surface area contributed by atoms with Crippen molar-refractivity contribution in [1.82, 2.24) is 5.32 Å². The van der Waals surface area contributed by atoms with Crippen LogP contribution in [-0.4, -0.2) is 12.5 Å². The Labute approximate surface area is 103 Å². The molecule has 0 aliphatic carbocycles. The van der Waals surface area contributed by atoms with Crippen molar-refractivity contribution < 1.29 is 4.79 Å². The van der Waals surface area contributed by atoms with Crippen molar-refractivity contribution in [3.8, 4) is 0 Å². The van der Waals surface area contributed by atoms with E-state index < -0.39 is 0 Å². The summed E-state index contributed by atoms with van der Waals surface area (Å²) in [6, 6.07) is 5.40. The van der Waals surface area contributed by atoms with Gasteiger partial charge in [-0.05, 0) is 36.5 Å². The van der Waals surface area contributed by atoms with Crippen LogP contribution in [0.5, 0.6) is 0 Å². The molecule has 0 saturated carbocycles. The summed E-state index contributed by atoms with van der Waals surface area (Å²) in [6.45, 7) is 9.00. The molecule has 0 fully saturated rings. The van der Waals surface area contributed by atoms with Crippen molar-refractivity contribution in [2.45, 2.75) is 34.1 Å². The molecule has 0 aliphatic heterocycles. The largest absolute Gasteiger partial charge is 0.398 e. The number of nitrogen functional groups attached to an aromatic ring is 1. The maximum Gasteiger partial charge on any atom is 0.251 e. The van der Waals surface area contributed by atoms with Gasteiger partial charge >= 0.3 is 0 Å². The van der Waals surface area contributed by atoms with Gasteiger partial charge in [-0.15, -0.1) is 0 Å². The number of rotatable bonds is 4. The lowest BCUT2D eigenvalue weighted by Crippen LogP contribution is -2.33. The fourth-order valence-electron chi connectivity index (χ4n) is 1.33. The van der Waals surface area contributed by atoms with Crippen LogP contribution in [0.3, 0.4) is 0 Å². The Balaban J connectivity index is 2.68. The van der Waals surface area contributed by atoms with E-state index in [1.807, 2.05) is 13.0 Å². The zero-order valence-corrected chi connectivity index (χ0v) is 11.1. The van der Waals surface area contributed by atoms with E-state index in [4.69, 9.17) is 5.73 Å². The molecule has 0 heterocycles. The Morgan fingerprint density at radius 1 is 1.41 bits per heavy atom. The average molecular weight is 234 g/mol. The van der Waals surface area contributed by atoms with Gasteiger partial charge in [0.15, 0.2) is 0 Å². The van der Waals surface area contributed by atoms with Crippen molar-refractivity contribution in [3.63, 3.8) is 0 Å². The predicted molar refractivity (Wildman–Crippen MR) is 72.0 cm³/mol. The molecule has 17 heavy (non-hydrogen) atoms. The van der Waals surface area contributed by atoms with Crippen LogP contribution in [0.4, 0.5) is 5.69 Å². The number of anilines is 1. The van der Waals surface area contributed by atoms with E-state index >= 15 is 0 Å². The number of hydrogen-bond acceptors (Lipinski definition) is 2. The molecule has 0 aromatic heterocycles. The predicted octanol–water partition coefficient (Wildman–Crippen LogP) is 2.74. The number of hydrogen-bond donors (Lipinski definition) is 2. The van der Waals surface area contributed by atoms with Gasteiger partial charge in [0.1, 0.15) is 0 Å². The number of amides is 1. The minimum Gasteiger partial charge on any atom is -0.398 e. The summed E-state index contributed by atoms with van der Waals surface area (Å²) in [5.74, 6) is -0.0572. The molecule has 1 amide bonds. The molecule has 0 aliphatic rings. The van der Waals surface area contributed by atoms with Gasteiger partial charge in [-0.25, -0.2) is 0 Å². The highest BCUT2D eigenvalue weighted by Gasteiger charge is 2.16. The van der Waals surface area contributed by atoms with Crippen LogP contribution in [0.2, 0.25) is 0 Å². The van der Waals surface area contributed by atoms with E-state index in [9.17, 15) is 4.79 Å². The van der Waals surface area contributed by atoms with Crippen molar-refractivity contribution in [1.29, 1.82) is 0 Å². The molecular weight excluding hydrogens is 212 g/mol. The van der Waals surface area contributed by atoms with Gasteiger partial charge < -0.3 is 11.1 Å². The topological polar surface area (TPSA) is 55.1 Å². The second-order valence-corrected chi connectivity index (χ2v) is 5.27. The van der Waals surface area contributed by atoms with Crippen LogP contribution in [0.15, 0.2) is 18.2 Å². The number of nitrogens with one attached hydrogen (secondary N) is 1. The van der Waals surface area contributed by atoms with E-state index in [2.05, 4.69) is 26.1 Å². The van der Waals surface area contributed by atoms with Gasteiger partial charge in [-0.2, -0.15) is 0 Å². The highest BCUT2D eigenvalue weighted by Crippen LogP contribution is 2.18. The molecule has 3 heteroatoms. The molecule has 0 bridgehead atoms. The number of carbonyl (C=O) groups excluding carboxylic acids is 1. The third kappa shape index (κ3) is 3.77. The molecule has 0 atom stereocenters. The minimum absolute atomic E-state index is 0.0572. The third-order valence-electron chi connectivity index (χ3n) is 3.23. The average Bonchev–Trinajstić information content (AvgIpc) is 2.30. The van der Waals surface area contributed by atoms with Crippen LogP contribution in [0.1, 0.15) is 43.1 Å². The van der Waals surface area contributed by atoms with Crippen molar-refractivity contribution in [3.05, 3.63) is 29.3 Å². The number of benzene rings is 1. The fraction of sp³-hybridized carbons (Fsp3) is 0.500. The molecule has 1 aromatic carbocycles. The van der Waals surface area contributed by atoms with Gasteiger partial charge in [0.2, 0.25) is 0 Å².